The normalized spacial score (nSPS) is 13.5. The molecule has 1 aliphatic carbocycles. The molecule has 0 fully saturated rings. The first-order chi connectivity index (χ1) is 25.7. The minimum Gasteiger partial charge on any atom is -0.354 e. The number of aromatic nitrogens is 4. The van der Waals surface area contributed by atoms with Crippen molar-refractivity contribution in [2.45, 2.75) is 12.8 Å². The predicted octanol–water partition coefficient (Wildman–Crippen LogP) is 12.4. The Morgan fingerprint density at radius 2 is 0.750 bits per heavy atom. The summed E-state index contributed by atoms with van der Waals surface area (Å²) in [4.78, 5) is 18.9. The smallest absolute Gasteiger partial charge is 0.0776 e. The zero-order valence-corrected chi connectivity index (χ0v) is 28.5. The van der Waals surface area contributed by atoms with E-state index in [0.717, 1.165) is 102 Å². The number of rotatable bonds is 4. The minimum absolute atomic E-state index is 0.790. The molecule has 0 atom stereocenters. The Bertz CT molecular complexity index is 2770. The van der Waals surface area contributed by atoms with Crippen molar-refractivity contribution in [2.75, 3.05) is 0 Å². The van der Waals surface area contributed by atoms with Crippen LogP contribution in [0.5, 0.6) is 0 Å². The Balaban J connectivity index is 1.44. The largest absolute Gasteiger partial charge is 0.354 e. The molecule has 2 aliphatic heterocycles. The highest BCUT2D eigenvalue weighted by Crippen LogP contribution is 2.50. The average Bonchev–Trinajstić information content (AvgIpc) is 4.04. The molecule has 0 radical (unpaired) electrons. The van der Waals surface area contributed by atoms with Crippen LogP contribution in [0.4, 0.5) is 0 Å². The van der Waals surface area contributed by atoms with Crippen LogP contribution in [0.25, 0.3) is 89.9 Å². The van der Waals surface area contributed by atoms with E-state index < -0.39 is 0 Å². The zero-order chi connectivity index (χ0) is 34.6. The summed E-state index contributed by atoms with van der Waals surface area (Å²) in [5.41, 5.74) is 20.2. The van der Waals surface area contributed by atoms with E-state index >= 15 is 0 Å². The van der Waals surface area contributed by atoms with Crippen LogP contribution in [0.3, 0.4) is 0 Å². The van der Waals surface area contributed by atoms with Gasteiger partial charge in [-0.25, -0.2) is 9.97 Å². The van der Waals surface area contributed by atoms with Gasteiger partial charge in [0.2, 0.25) is 0 Å². The second-order valence-corrected chi connectivity index (χ2v) is 13.6. The summed E-state index contributed by atoms with van der Waals surface area (Å²) in [5.74, 6) is 0. The van der Waals surface area contributed by atoms with Crippen molar-refractivity contribution in [1.29, 1.82) is 0 Å². The summed E-state index contributed by atoms with van der Waals surface area (Å²) >= 11 is 0. The Morgan fingerprint density at radius 3 is 1.25 bits per heavy atom. The van der Waals surface area contributed by atoms with E-state index in [4.69, 9.17) is 9.97 Å². The van der Waals surface area contributed by atoms with Crippen LogP contribution >= 0.6 is 0 Å². The maximum absolute atomic E-state index is 5.65. The number of hydrogen-bond acceptors (Lipinski definition) is 2. The van der Waals surface area contributed by atoms with Crippen molar-refractivity contribution in [3.8, 4) is 44.5 Å². The predicted molar refractivity (Wildman–Crippen MR) is 217 cm³/mol. The number of fused-ring (bicyclic) bond motifs is 10. The number of aromatic amines is 2. The van der Waals surface area contributed by atoms with Gasteiger partial charge in [0.15, 0.2) is 0 Å². The third kappa shape index (κ3) is 4.99. The molecule has 0 saturated carbocycles. The molecular weight excluding hydrogens is 633 g/mol. The molecule has 3 aliphatic rings. The molecule has 4 aromatic carbocycles. The summed E-state index contributed by atoms with van der Waals surface area (Å²) in [5, 5.41) is 0. The lowest BCUT2D eigenvalue weighted by atomic mass is 9.96. The van der Waals surface area contributed by atoms with Crippen molar-refractivity contribution in [3.05, 3.63) is 181 Å². The highest BCUT2D eigenvalue weighted by Gasteiger charge is 2.32. The van der Waals surface area contributed by atoms with Gasteiger partial charge in [-0.2, -0.15) is 0 Å². The summed E-state index contributed by atoms with van der Waals surface area (Å²) in [6.45, 7) is 4.50. The quantitative estimate of drug-likeness (QED) is 0.184. The molecular formula is C48H34N4. The molecule has 7 aromatic rings. The lowest BCUT2D eigenvalue weighted by molar-refractivity contribution is 1.16. The van der Waals surface area contributed by atoms with Gasteiger partial charge in [-0.05, 0) is 82.7 Å². The lowest BCUT2D eigenvalue weighted by Gasteiger charge is -2.09. The summed E-state index contributed by atoms with van der Waals surface area (Å²) < 4.78 is 0. The van der Waals surface area contributed by atoms with Gasteiger partial charge in [0.05, 0.1) is 22.8 Å². The first-order valence-electron chi connectivity index (χ1n) is 17.8. The zero-order valence-electron chi connectivity index (χ0n) is 28.5. The van der Waals surface area contributed by atoms with Gasteiger partial charge >= 0.3 is 0 Å². The van der Waals surface area contributed by atoms with Gasteiger partial charge in [0.1, 0.15) is 0 Å². The monoisotopic (exact) mass is 666 g/mol. The Kier molecular flexibility index (Phi) is 7.07. The lowest BCUT2D eigenvalue weighted by Crippen LogP contribution is -1.94. The van der Waals surface area contributed by atoms with Gasteiger partial charge in [-0.1, -0.05) is 133 Å². The maximum atomic E-state index is 5.65. The molecule has 4 heteroatoms. The fourth-order valence-corrected chi connectivity index (χ4v) is 8.05. The number of allylic oxidation sites excluding steroid dienone is 3. The summed E-state index contributed by atoms with van der Waals surface area (Å²) in [6, 6.07) is 51.2. The van der Waals surface area contributed by atoms with Crippen molar-refractivity contribution >= 4 is 45.4 Å². The van der Waals surface area contributed by atoms with Gasteiger partial charge in [0.25, 0.3) is 0 Å². The fraction of sp³-hybridized carbons (Fsp3) is 0.0417. The van der Waals surface area contributed by atoms with E-state index in [1.165, 1.54) is 16.7 Å². The van der Waals surface area contributed by atoms with E-state index in [2.05, 4.69) is 174 Å². The van der Waals surface area contributed by atoms with E-state index in [0.29, 0.717) is 0 Å². The van der Waals surface area contributed by atoms with E-state index in [9.17, 15) is 0 Å². The van der Waals surface area contributed by atoms with Gasteiger partial charge in [-0.15, -0.1) is 0 Å². The maximum Gasteiger partial charge on any atom is 0.0776 e. The Hall–Kier alpha value is -6.78. The second kappa shape index (κ2) is 12.2. The van der Waals surface area contributed by atoms with Crippen LogP contribution in [0, 0.1) is 0 Å². The molecule has 4 nitrogen and oxygen atoms in total. The highest BCUT2D eigenvalue weighted by atomic mass is 14.8. The van der Waals surface area contributed by atoms with Crippen LogP contribution in [0.2, 0.25) is 0 Å². The SMILES string of the molecule is C=C1CC2=C(C1)c1nc2c(-c2ccccc2)c2nc(c(-c3ccccc3)c3ccc([nH]3)c(-c3ccccc3)c3ccc([nH]3)c1-c1ccccc1)C=C2. The third-order valence-electron chi connectivity index (χ3n) is 10.3. The molecule has 0 spiro atoms. The van der Waals surface area contributed by atoms with E-state index in [1.807, 2.05) is 0 Å². The molecule has 8 bridgehead atoms. The van der Waals surface area contributed by atoms with Crippen molar-refractivity contribution < 1.29 is 0 Å². The fourth-order valence-electron chi connectivity index (χ4n) is 8.05. The Morgan fingerprint density at radius 1 is 0.385 bits per heavy atom. The average molecular weight is 667 g/mol. The van der Waals surface area contributed by atoms with Gasteiger partial charge in [0, 0.05) is 44.3 Å². The first-order valence-corrected chi connectivity index (χ1v) is 17.8. The number of nitrogens with zero attached hydrogens (tertiary/aromatic N) is 2. The number of hydrogen-bond donors (Lipinski definition) is 2. The van der Waals surface area contributed by atoms with Crippen LogP contribution in [0.1, 0.15) is 35.6 Å². The molecule has 5 heterocycles. The van der Waals surface area contributed by atoms with Crippen LogP contribution in [-0.4, -0.2) is 19.9 Å². The van der Waals surface area contributed by atoms with Crippen molar-refractivity contribution in [1.82, 2.24) is 19.9 Å². The topological polar surface area (TPSA) is 57.4 Å². The third-order valence-corrected chi connectivity index (χ3v) is 10.3. The summed E-state index contributed by atoms with van der Waals surface area (Å²) in [6.07, 6.45) is 5.90. The second-order valence-electron chi connectivity index (χ2n) is 13.6. The van der Waals surface area contributed by atoms with Crippen molar-refractivity contribution in [3.63, 3.8) is 0 Å². The van der Waals surface area contributed by atoms with Crippen molar-refractivity contribution in [2.24, 2.45) is 0 Å². The molecule has 52 heavy (non-hydrogen) atoms. The van der Waals surface area contributed by atoms with Gasteiger partial charge in [-0.3, -0.25) is 0 Å². The molecule has 3 aromatic heterocycles. The first kappa shape index (κ1) is 30.1. The number of nitrogens with one attached hydrogen (secondary N) is 2. The van der Waals surface area contributed by atoms with Crippen LogP contribution in [-0.2, 0) is 0 Å². The van der Waals surface area contributed by atoms with Crippen LogP contribution in [0.15, 0.2) is 158 Å². The van der Waals surface area contributed by atoms with E-state index in [-0.39, 0.29) is 0 Å². The molecule has 0 amide bonds. The minimum atomic E-state index is 0.790. The molecule has 10 rings (SSSR count). The Labute approximate surface area is 302 Å². The standard InChI is InChI=1S/C48H34N4/c1-30-28-35-36(29-30)48-46(34-20-12-5-13-21-34)42-27-25-40(51-42)44(32-16-8-3-9-17-32)38-23-22-37(49-38)43(31-14-6-2-7-15-31)39-24-26-41(50-39)45(47(35)52-48)33-18-10-4-11-19-33/h2-27,49-50H,1,28-29H2. The molecule has 246 valence electrons. The molecule has 0 unspecified atom stereocenters. The van der Waals surface area contributed by atoms with E-state index in [1.54, 1.807) is 0 Å². The molecule has 0 saturated heterocycles. The number of benzene rings is 4. The molecule has 2 N–H and O–H groups in total. The van der Waals surface area contributed by atoms with Crippen LogP contribution < -0.4 is 0 Å². The summed E-state index contributed by atoms with van der Waals surface area (Å²) in [7, 11) is 0. The highest BCUT2D eigenvalue weighted by molar-refractivity contribution is 6.07. The van der Waals surface area contributed by atoms with Gasteiger partial charge < -0.3 is 9.97 Å². The number of H-pyrrole nitrogens is 2.